The highest BCUT2D eigenvalue weighted by Gasteiger charge is 2.32. The van der Waals surface area contributed by atoms with Gasteiger partial charge in [0.1, 0.15) is 0 Å². The van der Waals surface area contributed by atoms with Crippen molar-refractivity contribution in [2.45, 2.75) is 38.6 Å². The molecule has 0 aliphatic heterocycles. The van der Waals surface area contributed by atoms with Crippen LogP contribution in [0.4, 0.5) is 0 Å². The Morgan fingerprint density at radius 2 is 1.68 bits per heavy atom. The Labute approximate surface area is 117 Å². The molecule has 2 N–H and O–H groups in total. The zero-order valence-corrected chi connectivity index (χ0v) is 12.0. The first-order valence-electron chi connectivity index (χ1n) is 7.77. The van der Waals surface area contributed by atoms with E-state index in [0.717, 1.165) is 18.4 Å². The molecule has 104 valence electrons. The average molecular weight is 258 g/mol. The molecule has 1 aromatic carbocycles. The predicted molar refractivity (Wildman–Crippen MR) is 80.0 cm³/mol. The largest absolute Gasteiger partial charge is 0.329 e. The van der Waals surface area contributed by atoms with Gasteiger partial charge in [-0.2, -0.15) is 0 Å². The van der Waals surface area contributed by atoms with Crippen LogP contribution >= 0.6 is 0 Å². The fourth-order valence-corrected chi connectivity index (χ4v) is 3.03. The molecule has 0 aromatic heterocycles. The Morgan fingerprint density at radius 3 is 2.16 bits per heavy atom. The van der Waals surface area contributed by atoms with E-state index < -0.39 is 0 Å². The van der Waals surface area contributed by atoms with Crippen LogP contribution in [0, 0.1) is 18.8 Å². The van der Waals surface area contributed by atoms with Crippen LogP contribution in [-0.4, -0.2) is 24.5 Å². The summed E-state index contributed by atoms with van der Waals surface area (Å²) in [5.41, 5.74) is 8.95. The highest BCUT2D eigenvalue weighted by Crippen LogP contribution is 2.37. The van der Waals surface area contributed by atoms with Crippen molar-refractivity contribution in [1.29, 1.82) is 0 Å². The molecule has 1 unspecified atom stereocenters. The third-order valence-corrected chi connectivity index (χ3v) is 4.59. The van der Waals surface area contributed by atoms with E-state index in [-0.39, 0.29) is 0 Å². The molecule has 0 bridgehead atoms. The molecular weight excluding hydrogens is 232 g/mol. The maximum absolute atomic E-state index is 6.13. The van der Waals surface area contributed by atoms with E-state index in [1.54, 1.807) is 0 Å². The number of nitrogens with zero attached hydrogens (tertiary/aromatic N) is 1. The zero-order valence-electron chi connectivity index (χ0n) is 12.0. The fraction of sp³-hybridized carbons (Fsp3) is 0.647. The van der Waals surface area contributed by atoms with Crippen molar-refractivity contribution in [1.82, 2.24) is 4.90 Å². The SMILES string of the molecule is Cc1ccccc1C(CN)N(CC1CC1)CC1CC1. The first-order chi connectivity index (χ1) is 9.28. The third-order valence-electron chi connectivity index (χ3n) is 4.59. The van der Waals surface area contributed by atoms with Crippen molar-refractivity contribution < 1.29 is 0 Å². The zero-order chi connectivity index (χ0) is 13.2. The van der Waals surface area contributed by atoms with Crippen LogP contribution in [0.15, 0.2) is 24.3 Å². The first-order valence-corrected chi connectivity index (χ1v) is 7.77. The molecule has 1 atom stereocenters. The van der Waals surface area contributed by atoms with E-state index in [0.29, 0.717) is 6.04 Å². The van der Waals surface area contributed by atoms with Gasteiger partial charge in [0.25, 0.3) is 0 Å². The first kappa shape index (κ1) is 13.1. The van der Waals surface area contributed by atoms with E-state index in [1.165, 1.54) is 49.9 Å². The van der Waals surface area contributed by atoms with Gasteiger partial charge < -0.3 is 5.73 Å². The van der Waals surface area contributed by atoms with Crippen molar-refractivity contribution in [3.05, 3.63) is 35.4 Å². The Balaban J connectivity index is 1.77. The molecule has 2 aliphatic carbocycles. The smallest absolute Gasteiger partial charge is 0.0473 e. The maximum atomic E-state index is 6.13. The van der Waals surface area contributed by atoms with Crippen molar-refractivity contribution in [2.75, 3.05) is 19.6 Å². The number of benzene rings is 1. The minimum Gasteiger partial charge on any atom is -0.329 e. The van der Waals surface area contributed by atoms with Crippen molar-refractivity contribution >= 4 is 0 Å². The molecule has 0 radical (unpaired) electrons. The second-order valence-corrected chi connectivity index (χ2v) is 6.45. The van der Waals surface area contributed by atoms with Gasteiger partial charge in [-0.15, -0.1) is 0 Å². The second kappa shape index (κ2) is 5.64. The average Bonchev–Trinajstić information content (AvgIpc) is 3.28. The molecule has 1 aromatic rings. The maximum Gasteiger partial charge on any atom is 0.0473 e. The molecule has 2 nitrogen and oxygen atoms in total. The van der Waals surface area contributed by atoms with E-state index in [2.05, 4.69) is 36.1 Å². The van der Waals surface area contributed by atoms with Gasteiger partial charge in [-0.1, -0.05) is 24.3 Å². The predicted octanol–water partition coefficient (Wildman–Crippen LogP) is 3.12. The molecule has 0 amide bonds. The van der Waals surface area contributed by atoms with Crippen LogP contribution in [0.2, 0.25) is 0 Å². The third kappa shape index (κ3) is 3.37. The van der Waals surface area contributed by atoms with Gasteiger partial charge in [0, 0.05) is 25.7 Å². The Bertz CT molecular complexity index is 407. The molecule has 0 saturated heterocycles. The Morgan fingerprint density at radius 1 is 1.11 bits per heavy atom. The number of nitrogens with two attached hydrogens (primary N) is 1. The summed E-state index contributed by atoms with van der Waals surface area (Å²) in [4.78, 5) is 2.68. The summed E-state index contributed by atoms with van der Waals surface area (Å²) >= 11 is 0. The van der Waals surface area contributed by atoms with Gasteiger partial charge in [-0.25, -0.2) is 0 Å². The van der Waals surface area contributed by atoms with Gasteiger partial charge in [-0.05, 0) is 55.6 Å². The van der Waals surface area contributed by atoms with Gasteiger partial charge >= 0.3 is 0 Å². The Hall–Kier alpha value is -0.860. The molecule has 19 heavy (non-hydrogen) atoms. The standard InChI is InChI=1S/C17H26N2/c1-13-4-2-3-5-16(13)17(10-18)19(11-14-6-7-14)12-15-8-9-15/h2-5,14-15,17H,6-12,18H2,1H3. The topological polar surface area (TPSA) is 29.3 Å². The quantitative estimate of drug-likeness (QED) is 0.814. The van der Waals surface area contributed by atoms with Crippen LogP contribution in [0.25, 0.3) is 0 Å². The lowest BCUT2D eigenvalue weighted by Gasteiger charge is -2.32. The van der Waals surface area contributed by atoms with Crippen molar-refractivity contribution in [3.8, 4) is 0 Å². The summed E-state index contributed by atoms with van der Waals surface area (Å²) in [6, 6.07) is 9.17. The molecule has 0 heterocycles. The van der Waals surface area contributed by atoms with Crippen LogP contribution in [0.3, 0.4) is 0 Å². The van der Waals surface area contributed by atoms with Gasteiger partial charge in [0.05, 0.1) is 0 Å². The van der Waals surface area contributed by atoms with E-state index in [1.807, 2.05) is 0 Å². The summed E-state index contributed by atoms with van der Waals surface area (Å²) in [5, 5.41) is 0. The molecule has 2 heteroatoms. The van der Waals surface area contributed by atoms with Gasteiger partial charge in [-0.3, -0.25) is 4.90 Å². The van der Waals surface area contributed by atoms with E-state index in [9.17, 15) is 0 Å². The molecule has 0 spiro atoms. The summed E-state index contributed by atoms with van der Waals surface area (Å²) < 4.78 is 0. The lowest BCUT2D eigenvalue weighted by Crippen LogP contribution is -2.37. The normalized spacial score (nSPS) is 20.8. The van der Waals surface area contributed by atoms with Crippen LogP contribution in [-0.2, 0) is 0 Å². The minimum absolute atomic E-state index is 0.419. The molecule has 2 saturated carbocycles. The summed E-state index contributed by atoms with van der Waals surface area (Å²) in [6.07, 6.45) is 5.69. The molecule has 3 rings (SSSR count). The highest BCUT2D eigenvalue weighted by molar-refractivity contribution is 5.29. The van der Waals surface area contributed by atoms with E-state index in [4.69, 9.17) is 5.73 Å². The molecule has 2 aliphatic rings. The number of aryl methyl sites for hydroxylation is 1. The number of hydrogen-bond acceptors (Lipinski definition) is 2. The van der Waals surface area contributed by atoms with Crippen molar-refractivity contribution in [3.63, 3.8) is 0 Å². The monoisotopic (exact) mass is 258 g/mol. The lowest BCUT2D eigenvalue weighted by molar-refractivity contribution is 0.184. The highest BCUT2D eigenvalue weighted by atomic mass is 15.2. The minimum atomic E-state index is 0.419. The second-order valence-electron chi connectivity index (χ2n) is 6.45. The van der Waals surface area contributed by atoms with Crippen molar-refractivity contribution in [2.24, 2.45) is 17.6 Å². The number of rotatable bonds is 7. The summed E-state index contributed by atoms with van der Waals surface area (Å²) in [6.45, 7) is 5.47. The fourth-order valence-electron chi connectivity index (χ4n) is 3.03. The molecule has 2 fully saturated rings. The Kier molecular flexibility index (Phi) is 3.90. The lowest BCUT2D eigenvalue weighted by atomic mass is 9.99. The number of hydrogen-bond donors (Lipinski definition) is 1. The van der Waals surface area contributed by atoms with Crippen LogP contribution in [0.5, 0.6) is 0 Å². The van der Waals surface area contributed by atoms with Crippen LogP contribution in [0.1, 0.15) is 42.9 Å². The molecular formula is C17H26N2. The summed E-state index contributed by atoms with van der Waals surface area (Å²) in [5.74, 6) is 1.88. The van der Waals surface area contributed by atoms with Gasteiger partial charge in [0.2, 0.25) is 0 Å². The van der Waals surface area contributed by atoms with Gasteiger partial charge in [0.15, 0.2) is 0 Å². The summed E-state index contributed by atoms with van der Waals surface area (Å²) in [7, 11) is 0. The van der Waals surface area contributed by atoms with E-state index >= 15 is 0 Å². The van der Waals surface area contributed by atoms with Crippen LogP contribution < -0.4 is 5.73 Å².